The Morgan fingerprint density at radius 2 is 0.889 bits per heavy atom. The van der Waals surface area contributed by atoms with Crippen molar-refractivity contribution >= 4 is 22.3 Å². The Labute approximate surface area is 156 Å². The van der Waals surface area contributed by atoms with Crippen molar-refractivity contribution < 1.29 is 14.7 Å². The van der Waals surface area contributed by atoms with E-state index in [1.54, 1.807) is 54.6 Å². The molecule has 27 heavy (non-hydrogen) atoms. The number of phenols is 1. The first-order valence-corrected chi connectivity index (χ1v) is 8.61. The Morgan fingerprint density at radius 3 is 1.37 bits per heavy atom. The summed E-state index contributed by atoms with van der Waals surface area (Å²) in [6, 6.07) is 27.2. The number of benzene rings is 4. The molecule has 3 heteroatoms. The average molecular weight is 352 g/mol. The van der Waals surface area contributed by atoms with Crippen LogP contribution in [-0.2, 0) is 0 Å². The predicted molar refractivity (Wildman–Crippen MR) is 105 cm³/mol. The van der Waals surface area contributed by atoms with Gasteiger partial charge in [-0.1, -0.05) is 84.9 Å². The van der Waals surface area contributed by atoms with Gasteiger partial charge in [-0.15, -0.1) is 0 Å². The zero-order valence-corrected chi connectivity index (χ0v) is 14.4. The largest absolute Gasteiger partial charge is 0.507 e. The van der Waals surface area contributed by atoms with Crippen LogP contribution in [-0.4, -0.2) is 16.7 Å². The molecule has 0 radical (unpaired) electrons. The number of ketones is 2. The molecule has 0 amide bonds. The van der Waals surface area contributed by atoms with Crippen LogP contribution < -0.4 is 0 Å². The normalized spacial score (nSPS) is 12.0. The number of aromatic hydroxyl groups is 1. The Kier molecular flexibility index (Phi) is 4.27. The van der Waals surface area contributed by atoms with Gasteiger partial charge < -0.3 is 5.11 Å². The van der Waals surface area contributed by atoms with Crippen molar-refractivity contribution in [1.29, 1.82) is 0 Å². The van der Waals surface area contributed by atoms with Crippen molar-refractivity contribution in [3.05, 3.63) is 113 Å². The van der Waals surface area contributed by atoms with Crippen molar-refractivity contribution in [3.63, 3.8) is 0 Å². The molecule has 0 saturated heterocycles. The standard InChI is InChI=1S/C14H8O2.C10H8O/c15-13-9-5-1-2-6-10(9)14(16)12-8-4-3-7-11(12)13;11-10-7-3-5-8-4-1-2-6-9(8)10/h1-8H;1-7,11H. The highest BCUT2D eigenvalue weighted by Gasteiger charge is 2.28. The highest BCUT2D eigenvalue weighted by Crippen LogP contribution is 2.26. The molecule has 0 spiro atoms. The molecule has 0 atom stereocenters. The number of hydrogen-bond donors (Lipinski definition) is 1. The minimum Gasteiger partial charge on any atom is -0.507 e. The molecule has 130 valence electrons. The Morgan fingerprint density at radius 1 is 0.481 bits per heavy atom. The molecular weight excluding hydrogens is 336 g/mol. The van der Waals surface area contributed by atoms with E-state index in [-0.39, 0.29) is 11.6 Å². The molecule has 0 heterocycles. The van der Waals surface area contributed by atoms with Crippen LogP contribution in [0, 0.1) is 0 Å². The summed E-state index contributed by atoms with van der Waals surface area (Å²) >= 11 is 0. The highest BCUT2D eigenvalue weighted by atomic mass is 16.3. The van der Waals surface area contributed by atoms with Crippen molar-refractivity contribution in [2.75, 3.05) is 0 Å². The molecule has 0 aromatic heterocycles. The fourth-order valence-corrected chi connectivity index (χ4v) is 3.26. The molecule has 0 bridgehead atoms. The van der Waals surface area contributed by atoms with Crippen LogP contribution in [0.3, 0.4) is 0 Å². The Balaban J connectivity index is 0.000000143. The highest BCUT2D eigenvalue weighted by molar-refractivity contribution is 6.28. The van der Waals surface area contributed by atoms with Gasteiger partial charge in [-0.05, 0) is 11.5 Å². The molecule has 0 aliphatic heterocycles. The van der Waals surface area contributed by atoms with Crippen LogP contribution in [0.5, 0.6) is 5.75 Å². The molecule has 4 aromatic carbocycles. The lowest BCUT2D eigenvalue weighted by atomic mass is 9.84. The molecule has 1 aliphatic carbocycles. The molecule has 1 aliphatic rings. The minimum absolute atomic E-state index is 0.0641. The average Bonchev–Trinajstić information content (AvgIpc) is 2.73. The van der Waals surface area contributed by atoms with Crippen LogP contribution in [0.2, 0.25) is 0 Å². The van der Waals surface area contributed by atoms with Gasteiger partial charge in [0.25, 0.3) is 0 Å². The van der Waals surface area contributed by atoms with E-state index < -0.39 is 0 Å². The first-order chi connectivity index (χ1) is 13.2. The predicted octanol–water partition coefficient (Wildman–Crippen LogP) is 5.01. The van der Waals surface area contributed by atoms with Gasteiger partial charge in [-0.3, -0.25) is 9.59 Å². The number of carbonyl (C=O) groups excluding carboxylic acids is 2. The zero-order chi connectivity index (χ0) is 18.8. The van der Waals surface area contributed by atoms with Crippen molar-refractivity contribution in [3.8, 4) is 5.75 Å². The summed E-state index contributed by atoms with van der Waals surface area (Å²) in [4.78, 5) is 24.2. The third-order valence-electron chi connectivity index (χ3n) is 4.60. The summed E-state index contributed by atoms with van der Waals surface area (Å²) in [7, 11) is 0. The SMILES string of the molecule is O=C1c2ccccc2C(=O)c2ccccc21.Oc1cccc2ccccc12. The van der Waals surface area contributed by atoms with Gasteiger partial charge in [-0.2, -0.15) is 0 Å². The fourth-order valence-electron chi connectivity index (χ4n) is 3.26. The summed E-state index contributed by atoms with van der Waals surface area (Å²) in [6.45, 7) is 0. The molecule has 0 saturated carbocycles. The first kappa shape index (κ1) is 16.7. The van der Waals surface area contributed by atoms with E-state index in [1.165, 1.54) is 0 Å². The molecular formula is C24H16O3. The van der Waals surface area contributed by atoms with Crippen LogP contribution in [0.4, 0.5) is 0 Å². The monoisotopic (exact) mass is 352 g/mol. The van der Waals surface area contributed by atoms with E-state index in [1.807, 2.05) is 36.4 Å². The van der Waals surface area contributed by atoms with E-state index in [0.29, 0.717) is 28.0 Å². The lowest BCUT2D eigenvalue weighted by Gasteiger charge is -2.16. The van der Waals surface area contributed by atoms with Crippen LogP contribution in [0.25, 0.3) is 10.8 Å². The summed E-state index contributed by atoms with van der Waals surface area (Å²) in [6.07, 6.45) is 0. The zero-order valence-electron chi connectivity index (χ0n) is 14.4. The van der Waals surface area contributed by atoms with Crippen LogP contribution >= 0.6 is 0 Å². The van der Waals surface area contributed by atoms with Crippen molar-refractivity contribution in [2.24, 2.45) is 0 Å². The maximum atomic E-state index is 12.1. The second-order valence-electron chi connectivity index (χ2n) is 6.25. The van der Waals surface area contributed by atoms with E-state index in [2.05, 4.69) is 0 Å². The van der Waals surface area contributed by atoms with E-state index in [4.69, 9.17) is 0 Å². The number of rotatable bonds is 0. The van der Waals surface area contributed by atoms with Gasteiger partial charge in [0.1, 0.15) is 5.75 Å². The van der Waals surface area contributed by atoms with E-state index in [0.717, 1.165) is 10.8 Å². The van der Waals surface area contributed by atoms with Gasteiger partial charge >= 0.3 is 0 Å². The van der Waals surface area contributed by atoms with Gasteiger partial charge in [0.15, 0.2) is 11.6 Å². The lowest BCUT2D eigenvalue weighted by molar-refractivity contribution is 0.0979. The van der Waals surface area contributed by atoms with Crippen LogP contribution in [0.15, 0.2) is 91.0 Å². The fraction of sp³-hybridized carbons (Fsp3) is 0. The van der Waals surface area contributed by atoms with Gasteiger partial charge in [0, 0.05) is 27.6 Å². The quantitative estimate of drug-likeness (QED) is 0.426. The number of phenolic OH excluding ortho intramolecular Hbond substituents is 1. The maximum absolute atomic E-state index is 12.1. The van der Waals surface area contributed by atoms with E-state index >= 15 is 0 Å². The second kappa shape index (κ2) is 6.89. The maximum Gasteiger partial charge on any atom is 0.194 e. The second-order valence-corrected chi connectivity index (χ2v) is 6.25. The number of hydrogen-bond acceptors (Lipinski definition) is 3. The first-order valence-electron chi connectivity index (χ1n) is 8.61. The molecule has 4 aromatic rings. The molecule has 5 rings (SSSR count). The third kappa shape index (κ3) is 3.00. The summed E-state index contributed by atoms with van der Waals surface area (Å²) in [5.74, 6) is 0.222. The van der Waals surface area contributed by atoms with Gasteiger partial charge in [-0.25, -0.2) is 0 Å². The molecule has 0 fully saturated rings. The number of fused-ring (bicyclic) bond motifs is 3. The van der Waals surface area contributed by atoms with E-state index in [9.17, 15) is 14.7 Å². The van der Waals surface area contributed by atoms with Crippen LogP contribution in [0.1, 0.15) is 31.8 Å². The van der Waals surface area contributed by atoms with Crippen molar-refractivity contribution in [2.45, 2.75) is 0 Å². The lowest BCUT2D eigenvalue weighted by Crippen LogP contribution is -2.20. The Bertz CT molecular complexity index is 1060. The van der Waals surface area contributed by atoms with Gasteiger partial charge in [0.2, 0.25) is 0 Å². The summed E-state index contributed by atoms with van der Waals surface area (Å²) in [5.41, 5.74) is 2.02. The smallest absolute Gasteiger partial charge is 0.194 e. The molecule has 1 N–H and O–H groups in total. The van der Waals surface area contributed by atoms with Gasteiger partial charge in [0.05, 0.1) is 0 Å². The molecule has 3 nitrogen and oxygen atoms in total. The number of carbonyl (C=O) groups is 2. The Hall–Kier alpha value is -3.72. The third-order valence-corrected chi connectivity index (χ3v) is 4.60. The molecule has 0 unspecified atom stereocenters. The summed E-state index contributed by atoms with van der Waals surface area (Å²) in [5, 5.41) is 11.4. The topological polar surface area (TPSA) is 54.4 Å². The summed E-state index contributed by atoms with van der Waals surface area (Å²) < 4.78 is 0. The van der Waals surface area contributed by atoms with Crippen molar-refractivity contribution in [1.82, 2.24) is 0 Å². The minimum atomic E-state index is -0.0641.